The van der Waals surface area contributed by atoms with E-state index in [1.165, 1.54) is 31.8 Å². The van der Waals surface area contributed by atoms with Crippen LogP contribution in [0.1, 0.15) is 32.6 Å². The molecule has 0 aromatic carbocycles. The smallest absolute Gasteiger partial charge is 0.545 e. The van der Waals surface area contributed by atoms with Crippen LogP contribution >= 0.6 is 8.58 Å². The van der Waals surface area contributed by atoms with Crippen LogP contribution in [0.4, 0.5) is 0 Å². The second kappa shape index (κ2) is 25.1. The molecule has 1 unspecified atom stereocenters. The molecule has 0 bridgehead atoms. The van der Waals surface area contributed by atoms with Crippen LogP contribution in [0.2, 0.25) is 0 Å². The monoisotopic (exact) mass is 342 g/mol. The van der Waals surface area contributed by atoms with Crippen LogP contribution in [0, 0.1) is 11.8 Å². The van der Waals surface area contributed by atoms with Gasteiger partial charge in [-0.3, -0.25) is 20.4 Å². The van der Waals surface area contributed by atoms with Crippen molar-refractivity contribution in [2.75, 3.05) is 12.8 Å². The Labute approximate surface area is 122 Å². The van der Waals surface area contributed by atoms with E-state index >= 15 is 0 Å². The first-order valence-electron chi connectivity index (χ1n) is 5.02. The summed E-state index contributed by atoms with van der Waals surface area (Å²) in [4.78, 5) is 23.2. The van der Waals surface area contributed by atoms with Gasteiger partial charge in [0.25, 0.3) is 0 Å². The summed E-state index contributed by atoms with van der Waals surface area (Å²) in [7, 11) is 1.16. The van der Waals surface area contributed by atoms with Crippen molar-refractivity contribution >= 4 is 28.9 Å². The zero-order valence-electron chi connectivity index (χ0n) is 10.5. The molecule has 0 saturated heterocycles. The zero-order chi connectivity index (χ0) is 13.4. The van der Waals surface area contributed by atoms with Gasteiger partial charge in [-0.2, -0.15) is 19.3 Å². The van der Waals surface area contributed by atoms with Gasteiger partial charge in [-0.1, -0.05) is 19.3 Å². The van der Waals surface area contributed by atoms with Gasteiger partial charge in [0, 0.05) is 0 Å². The Hall–Kier alpha value is 0.128. The topological polar surface area (TPSA) is 51.2 Å². The second-order valence-corrected chi connectivity index (χ2v) is 4.53. The fourth-order valence-corrected chi connectivity index (χ4v) is 2.42. The first-order chi connectivity index (χ1) is 7.84. The number of hydrogen-bond donors (Lipinski definition) is 0. The Morgan fingerprint density at radius 2 is 1.65 bits per heavy atom. The molecular weight excluding hydrogens is 319 g/mol. The van der Waals surface area contributed by atoms with Crippen LogP contribution in [0.15, 0.2) is 0 Å². The minimum atomic E-state index is 0. The third-order valence-corrected chi connectivity index (χ3v) is 3.35. The summed E-state index contributed by atoms with van der Waals surface area (Å²) in [5.74, 6) is 2.78. The van der Waals surface area contributed by atoms with E-state index < -0.39 is 0 Å². The minimum Gasteiger partial charge on any atom is -0.545 e. The molecule has 3 nitrogen and oxygen atoms in total. The minimum absolute atomic E-state index is 0. The maximum Gasteiger partial charge on any atom is 4.00 e. The van der Waals surface area contributed by atoms with Crippen molar-refractivity contribution in [3.63, 3.8) is 0 Å². The first kappa shape index (κ1) is 25.9. The molecule has 0 spiro atoms. The van der Waals surface area contributed by atoms with Gasteiger partial charge in [-0.15, -0.1) is 8.58 Å². The molecule has 0 heterocycles. The van der Waals surface area contributed by atoms with Crippen LogP contribution in [-0.4, -0.2) is 33.2 Å². The van der Waals surface area contributed by atoms with Crippen molar-refractivity contribution in [1.29, 1.82) is 0 Å². The Kier molecular flexibility index (Phi) is 38.2. The van der Waals surface area contributed by atoms with Gasteiger partial charge < -0.3 is 20.3 Å². The molecule has 0 N–H and O–H groups in total. The van der Waals surface area contributed by atoms with Crippen LogP contribution in [-0.2, 0) is 35.4 Å². The maximum atomic E-state index is 7.75. The van der Waals surface area contributed by atoms with Gasteiger partial charge in [0.1, 0.15) is 0 Å². The fraction of sp³-hybridized carbons (Fsp3) is 0.667. The van der Waals surface area contributed by atoms with E-state index in [2.05, 4.69) is 34.0 Å². The predicted octanol–water partition coefficient (Wildman–Crippen LogP) is 2.25. The Bertz CT molecular complexity index is 134. The summed E-state index contributed by atoms with van der Waals surface area (Å²) in [6.45, 7) is 14.4. The normalized spacial score (nSPS) is 17.6. The van der Waals surface area contributed by atoms with Gasteiger partial charge in [0.15, 0.2) is 0 Å². The maximum absolute atomic E-state index is 7.75. The summed E-state index contributed by atoms with van der Waals surface area (Å²) >= 11 is 0. The van der Waals surface area contributed by atoms with Crippen LogP contribution in [0.25, 0.3) is 0 Å². The fourth-order valence-electron chi connectivity index (χ4n) is 1.79. The summed E-state index contributed by atoms with van der Waals surface area (Å²) in [6.07, 6.45) is 7.29. The zero-order valence-corrected chi connectivity index (χ0v) is 13.5. The summed E-state index contributed by atoms with van der Waals surface area (Å²) in [6, 6.07) is 0. The molecule has 1 aliphatic rings. The molecule has 0 amide bonds. The Balaban J connectivity index is -0.000000106. The number of rotatable bonds is 3. The largest absolute Gasteiger partial charge is 4.00 e. The van der Waals surface area contributed by atoms with E-state index in [4.69, 9.17) is 14.4 Å². The van der Waals surface area contributed by atoms with Crippen molar-refractivity contribution in [3.05, 3.63) is 5.92 Å². The second-order valence-electron chi connectivity index (χ2n) is 3.33. The molecule has 17 heavy (non-hydrogen) atoms. The predicted molar refractivity (Wildman–Crippen MR) is 70.2 cm³/mol. The van der Waals surface area contributed by atoms with E-state index in [1.54, 1.807) is 5.92 Å². The van der Waals surface area contributed by atoms with Crippen LogP contribution in [0.3, 0.4) is 0 Å². The molecule has 1 aliphatic carbocycles. The van der Waals surface area contributed by atoms with Crippen LogP contribution in [0.5, 0.6) is 0 Å². The summed E-state index contributed by atoms with van der Waals surface area (Å²) < 4.78 is 0. The van der Waals surface area contributed by atoms with Gasteiger partial charge in [0.05, 0.1) is 0 Å². The number of carbonyl (C=O) groups excluding carboxylic acids is 3. The average molecular weight is 340 g/mol. The van der Waals surface area contributed by atoms with E-state index in [0.717, 1.165) is 14.5 Å². The molecule has 1 fully saturated rings. The molecule has 1 rings (SSSR count). The van der Waals surface area contributed by atoms with E-state index in [0.29, 0.717) is 0 Å². The van der Waals surface area contributed by atoms with Crippen molar-refractivity contribution in [2.24, 2.45) is 5.92 Å². The van der Waals surface area contributed by atoms with Crippen molar-refractivity contribution in [1.82, 2.24) is 0 Å². The molecule has 0 aliphatic heterocycles. The quantitative estimate of drug-likeness (QED) is 0.343. The van der Waals surface area contributed by atoms with Crippen LogP contribution < -0.4 is 0 Å². The van der Waals surface area contributed by atoms with Gasteiger partial charge in [-0.05, 0) is 12.8 Å². The van der Waals surface area contributed by atoms with Crippen molar-refractivity contribution in [2.45, 2.75) is 32.6 Å². The molecular formula is C12H21MoO3P. The van der Waals surface area contributed by atoms with E-state index in [1.807, 2.05) is 0 Å². The molecule has 0 radical (unpaired) electrons. The van der Waals surface area contributed by atoms with Gasteiger partial charge in [0.2, 0.25) is 0 Å². The van der Waals surface area contributed by atoms with E-state index in [-0.39, 0.29) is 21.1 Å². The summed E-state index contributed by atoms with van der Waals surface area (Å²) in [5, 5.41) is 0. The van der Waals surface area contributed by atoms with E-state index in [9.17, 15) is 0 Å². The Morgan fingerprint density at radius 1 is 1.18 bits per heavy atom. The number of hydrogen-bond acceptors (Lipinski definition) is 3. The molecule has 98 valence electrons. The molecule has 1 saturated carbocycles. The van der Waals surface area contributed by atoms with Gasteiger partial charge in [-0.25, -0.2) is 0 Å². The standard InChI is InChI=1S/C9H18P.3CHO.Mo/c1-8-4-3-5-9(8)6-7-10-2;3*1-2;/h9-10H,3-7H2,1-2H3;3*1H;/q4*-1;+4/t9-;;;;/m0..../s1. The van der Waals surface area contributed by atoms with Crippen molar-refractivity contribution in [3.8, 4) is 0 Å². The summed E-state index contributed by atoms with van der Waals surface area (Å²) in [5.41, 5.74) is 0. The molecule has 5 heteroatoms. The molecule has 0 aromatic rings. The van der Waals surface area contributed by atoms with Gasteiger partial charge >= 0.3 is 21.1 Å². The third-order valence-electron chi connectivity index (χ3n) is 2.56. The first-order valence-corrected chi connectivity index (χ1v) is 6.73. The molecule has 2 atom stereocenters. The Morgan fingerprint density at radius 3 is 1.94 bits per heavy atom. The molecule has 0 aromatic heterocycles. The van der Waals surface area contributed by atoms with Crippen molar-refractivity contribution < 1.29 is 35.4 Å². The average Bonchev–Trinajstić information content (AvgIpc) is 2.80. The SMILES string of the molecule is CPCC[C@@H]1CCC[C-]1C.[CH-]=O.[CH-]=O.[CH-]=O.[Mo+4]. The third kappa shape index (κ3) is 16.1.